The molecule has 0 fully saturated rings. The number of carbonyl (C=O) groups is 2. The Bertz CT molecular complexity index is 256. The van der Waals surface area contributed by atoms with E-state index in [9.17, 15) is 9.59 Å². The quantitative estimate of drug-likeness (QED) is 0.570. The molecule has 0 saturated carbocycles. The van der Waals surface area contributed by atoms with Gasteiger partial charge in [0.15, 0.2) is 0 Å². The molecule has 0 saturated heterocycles. The molecule has 0 radical (unpaired) electrons. The maximum absolute atomic E-state index is 11.7. The fourth-order valence-corrected chi connectivity index (χ4v) is 1.49. The van der Waals surface area contributed by atoms with E-state index in [-0.39, 0.29) is 11.7 Å². The summed E-state index contributed by atoms with van der Waals surface area (Å²) < 4.78 is 4.47. The van der Waals surface area contributed by atoms with Crippen molar-refractivity contribution >= 4 is 34.6 Å². The molecule has 0 aliphatic carbocycles. The van der Waals surface area contributed by atoms with Gasteiger partial charge in [-0.05, 0) is 46.2 Å². The molecule has 0 aliphatic rings. The van der Waals surface area contributed by atoms with Crippen LogP contribution < -0.4 is 0 Å². The van der Waals surface area contributed by atoms with Gasteiger partial charge in [-0.25, -0.2) is 0 Å². The Hall–Kier alpha value is -0.220. The first kappa shape index (κ1) is 14.8. The topological polar surface area (TPSA) is 43.4 Å². The highest BCUT2D eigenvalue weighted by Crippen LogP contribution is 2.28. The summed E-state index contributed by atoms with van der Waals surface area (Å²) in [5.74, 6) is -0.230. The van der Waals surface area contributed by atoms with Crippen LogP contribution in [0.4, 0.5) is 0 Å². The maximum atomic E-state index is 11.7. The molecule has 0 amide bonds. The molecule has 0 spiro atoms. The molecule has 0 aromatic rings. The normalized spacial score (nSPS) is 12.4. The summed E-state index contributed by atoms with van der Waals surface area (Å²) >= 11 is 6.39. The van der Waals surface area contributed by atoms with E-state index in [0.29, 0.717) is 0 Å². The van der Waals surface area contributed by atoms with Gasteiger partial charge in [-0.2, -0.15) is 0 Å². The summed E-state index contributed by atoms with van der Waals surface area (Å²) in [6, 6.07) is 0. The number of ether oxygens (including phenoxy) is 1. The van der Waals surface area contributed by atoms with Crippen LogP contribution in [0.2, 0.25) is 0 Å². The van der Waals surface area contributed by atoms with Crippen LogP contribution >= 0.6 is 23.4 Å². The van der Waals surface area contributed by atoms with Gasteiger partial charge in [0.05, 0.1) is 5.75 Å². The molecule has 88 valence electrons. The zero-order valence-corrected chi connectivity index (χ0v) is 11.3. The van der Waals surface area contributed by atoms with E-state index in [4.69, 9.17) is 16.3 Å². The Balaban J connectivity index is 4.32. The van der Waals surface area contributed by atoms with E-state index < -0.39 is 15.6 Å². The van der Waals surface area contributed by atoms with E-state index in [1.807, 2.05) is 0 Å². The van der Waals surface area contributed by atoms with Crippen LogP contribution in [-0.4, -0.2) is 27.3 Å². The number of halogens is 1. The molecule has 0 heterocycles. The standard InChI is InChI=1S/C10H17ClO3S/c1-9(2,3)14-8(13)10(4,5)15-6-7(11)12/h6H2,1-5H3. The zero-order valence-electron chi connectivity index (χ0n) is 9.72. The first-order chi connectivity index (χ1) is 6.54. The van der Waals surface area contributed by atoms with Crippen molar-refractivity contribution in [3.63, 3.8) is 0 Å². The average molecular weight is 253 g/mol. The van der Waals surface area contributed by atoms with Gasteiger partial charge in [-0.15, -0.1) is 11.8 Å². The third-order valence-corrected chi connectivity index (χ3v) is 3.02. The van der Waals surface area contributed by atoms with Gasteiger partial charge >= 0.3 is 5.97 Å². The van der Waals surface area contributed by atoms with Gasteiger partial charge in [0, 0.05) is 0 Å². The minimum atomic E-state index is -0.752. The third-order valence-electron chi connectivity index (χ3n) is 1.44. The molecular formula is C10H17ClO3S. The summed E-state index contributed by atoms with van der Waals surface area (Å²) in [5.41, 5.74) is -0.514. The fraction of sp³-hybridized carbons (Fsp3) is 0.800. The SMILES string of the molecule is CC(C)(C)OC(=O)C(C)(C)SCC(=O)Cl. The van der Waals surface area contributed by atoms with Gasteiger partial charge in [-0.1, -0.05) is 0 Å². The second-order valence-electron chi connectivity index (χ2n) is 4.66. The van der Waals surface area contributed by atoms with Gasteiger partial charge in [-0.3, -0.25) is 9.59 Å². The monoisotopic (exact) mass is 252 g/mol. The van der Waals surface area contributed by atoms with Crippen LogP contribution in [0.5, 0.6) is 0 Å². The predicted molar refractivity (Wildman–Crippen MR) is 63.2 cm³/mol. The lowest BCUT2D eigenvalue weighted by Gasteiger charge is -2.27. The first-order valence-corrected chi connectivity index (χ1v) is 5.97. The zero-order chi connectivity index (χ0) is 12.3. The Morgan fingerprint density at radius 1 is 1.20 bits per heavy atom. The number of esters is 1. The van der Waals surface area contributed by atoms with Crippen LogP contribution in [0.1, 0.15) is 34.6 Å². The highest BCUT2D eigenvalue weighted by atomic mass is 35.5. The summed E-state index contributed by atoms with van der Waals surface area (Å²) in [5, 5.41) is -0.461. The second-order valence-corrected chi connectivity index (χ2v) is 6.68. The number of carbonyl (C=O) groups excluding carboxylic acids is 2. The fourth-order valence-electron chi connectivity index (χ4n) is 0.697. The van der Waals surface area contributed by atoms with E-state index in [0.717, 1.165) is 0 Å². The highest BCUT2D eigenvalue weighted by Gasteiger charge is 2.33. The summed E-state index contributed by atoms with van der Waals surface area (Å²) in [4.78, 5) is 22.3. The average Bonchev–Trinajstić information content (AvgIpc) is 1.97. The van der Waals surface area contributed by atoms with Crippen molar-refractivity contribution in [2.75, 3.05) is 5.75 Å². The third kappa shape index (κ3) is 6.79. The summed E-state index contributed by atoms with van der Waals surface area (Å²) in [7, 11) is 0. The van der Waals surface area contributed by atoms with Crippen LogP contribution in [0.3, 0.4) is 0 Å². The second kappa shape index (κ2) is 5.21. The molecule has 3 nitrogen and oxygen atoms in total. The minimum absolute atomic E-state index is 0.105. The Kier molecular flexibility index (Phi) is 5.14. The Labute approximate surface area is 99.9 Å². The van der Waals surface area contributed by atoms with Crippen molar-refractivity contribution in [2.24, 2.45) is 0 Å². The number of thioether (sulfide) groups is 1. The number of hydrogen-bond acceptors (Lipinski definition) is 4. The lowest BCUT2D eigenvalue weighted by Crippen LogP contribution is -2.36. The molecular weight excluding hydrogens is 236 g/mol. The van der Waals surface area contributed by atoms with Crippen molar-refractivity contribution in [1.29, 1.82) is 0 Å². The van der Waals surface area contributed by atoms with E-state index >= 15 is 0 Å². The Morgan fingerprint density at radius 3 is 2.00 bits per heavy atom. The van der Waals surface area contributed by atoms with Crippen LogP contribution in [0.15, 0.2) is 0 Å². The highest BCUT2D eigenvalue weighted by molar-refractivity contribution is 8.02. The van der Waals surface area contributed by atoms with E-state index in [2.05, 4.69) is 0 Å². The Morgan fingerprint density at radius 2 is 1.67 bits per heavy atom. The maximum Gasteiger partial charge on any atom is 0.322 e. The minimum Gasteiger partial charge on any atom is -0.459 e. The van der Waals surface area contributed by atoms with Crippen molar-refractivity contribution in [1.82, 2.24) is 0 Å². The molecule has 0 aromatic heterocycles. The van der Waals surface area contributed by atoms with Gasteiger partial charge < -0.3 is 4.74 Å². The molecule has 5 heteroatoms. The largest absolute Gasteiger partial charge is 0.459 e. The lowest BCUT2D eigenvalue weighted by molar-refractivity contribution is -0.156. The molecule has 0 bridgehead atoms. The van der Waals surface area contributed by atoms with E-state index in [1.165, 1.54) is 11.8 Å². The van der Waals surface area contributed by atoms with Crippen LogP contribution in [0.25, 0.3) is 0 Å². The smallest absolute Gasteiger partial charge is 0.322 e. The number of rotatable bonds is 4. The summed E-state index contributed by atoms with van der Waals surface area (Å²) in [6.45, 7) is 8.84. The van der Waals surface area contributed by atoms with Gasteiger partial charge in [0.2, 0.25) is 5.24 Å². The number of hydrogen-bond donors (Lipinski definition) is 0. The van der Waals surface area contributed by atoms with E-state index in [1.54, 1.807) is 34.6 Å². The molecule has 0 aliphatic heterocycles. The van der Waals surface area contributed by atoms with Crippen LogP contribution in [-0.2, 0) is 14.3 Å². The predicted octanol–water partition coefficient (Wildman–Crippen LogP) is 2.61. The van der Waals surface area contributed by atoms with Crippen LogP contribution in [0, 0.1) is 0 Å². The molecule has 0 unspecified atom stereocenters. The van der Waals surface area contributed by atoms with Gasteiger partial charge in [0.1, 0.15) is 10.3 Å². The van der Waals surface area contributed by atoms with Crippen molar-refractivity contribution in [3.05, 3.63) is 0 Å². The molecule has 0 atom stereocenters. The molecule has 15 heavy (non-hydrogen) atoms. The molecule has 0 N–H and O–H groups in total. The van der Waals surface area contributed by atoms with Crippen molar-refractivity contribution in [2.45, 2.75) is 45.0 Å². The summed E-state index contributed by atoms with van der Waals surface area (Å²) in [6.07, 6.45) is 0. The van der Waals surface area contributed by atoms with Crippen molar-refractivity contribution in [3.8, 4) is 0 Å². The molecule has 0 rings (SSSR count). The van der Waals surface area contributed by atoms with Crippen molar-refractivity contribution < 1.29 is 14.3 Å². The van der Waals surface area contributed by atoms with Gasteiger partial charge in [0.25, 0.3) is 0 Å². The molecule has 0 aromatic carbocycles. The lowest BCUT2D eigenvalue weighted by atomic mass is 10.1. The first-order valence-electron chi connectivity index (χ1n) is 4.60.